The molecule has 0 spiro atoms. The Morgan fingerprint density at radius 2 is 2.12 bits per heavy atom. The second-order valence-electron chi connectivity index (χ2n) is 4.93. The third-order valence-electron chi connectivity index (χ3n) is 3.77. The second-order valence-corrected chi connectivity index (χ2v) is 4.93. The Hall–Kier alpha value is -1.56. The van der Waals surface area contributed by atoms with Crippen LogP contribution in [0.3, 0.4) is 0 Å². The molecule has 1 saturated carbocycles. The summed E-state index contributed by atoms with van der Waals surface area (Å²) >= 11 is 0. The molecule has 0 saturated heterocycles. The van der Waals surface area contributed by atoms with E-state index < -0.39 is 0 Å². The van der Waals surface area contributed by atoms with Gasteiger partial charge in [-0.15, -0.1) is 0 Å². The van der Waals surface area contributed by atoms with Crippen molar-refractivity contribution in [2.24, 2.45) is 5.92 Å². The molecule has 17 heavy (non-hydrogen) atoms. The summed E-state index contributed by atoms with van der Waals surface area (Å²) in [5.74, 6) is 1.63. The summed E-state index contributed by atoms with van der Waals surface area (Å²) in [7, 11) is 2.09. The van der Waals surface area contributed by atoms with E-state index in [9.17, 15) is 0 Å². The molecule has 90 valence electrons. The van der Waals surface area contributed by atoms with E-state index in [2.05, 4.69) is 29.9 Å². The predicted octanol–water partition coefficient (Wildman–Crippen LogP) is 2.97. The van der Waals surface area contributed by atoms with E-state index in [1.165, 1.54) is 25.7 Å². The average molecular weight is 229 g/mol. The van der Waals surface area contributed by atoms with Crippen molar-refractivity contribution in [1.82, 2.24) is 4.98 Å². The Labute approximate surface area is 103 Å². The maximum absolute atomic E-state index is 8.88. The first-order valence-corrected chi connectivity index (χ1v) is 6.32. The first-order valence-electron chi connectivity index (χ1n) is 6.32. The number of aromatic nitrogens is 1. The molecule has 1 aliphatic rings. The second kappa shape index (κ2) is 5.18. The molecule has 0 bridgehead atoms. The third kappa shape index (κ3) is 2.58. The van der Waals surface area contributed by atoms with E-state index in [1.54, 1.807) is 6.07 Å². The minimum Gasteiger partial charge on any atom is -0.356 e. The largest absolute Gasteiger partial charge is 0.356 e. The molecule has 0 radical (unpaired) electrons. The van der Waals surface area contributed by atoms with Crippen LogP contribution in [0.1, 0.15) is 38.3 Å². The lowest BCUT2D eigenvalue weighted by atomic mass is 9.85. The van der Waals surface area contributed by atoms with Crippen LogP contribution in [0.25, 0.3) is 0 Å². The Bertz CT molecular complexity index is 422. The Morgan fingerprint density at radius 1 is 1.35 bits per heavy atom. The van der Waals surface area contributed by atoms with Crippen LogP contribution in [-0.2, 0) is 0 Å². The van der Waals surface area contributed by atoms with E-state index in [0.717, 1.165) is 5.82 Å². The number of rotatable bonds is 2. The molecule has 0 aromatic carbocycles. The molecule has 2 unspecified atom stereocenters. The molecule has 3 heteroatoms. The van der Waals surface area contributed by atoms with E-state index in [4.69, 9.17) is 5.26 Å². The summed E-state index contributed by atoms with van der Waals surface area (Å²) in [6, 6.07) is 8.31. The van der Waals surface area contributed by atoms with Crippen LogP contribution in [0.5, 0.6) is 0 Å². The molecule has 2 atom stereocenters. The van der Waals surface area contributed by atoms with Gasteiger partial charge in [-0.1, -0.05) is 25.8 Å². The number of pyridine rings is 1. The highest BCUT2D eigenvalue weighted by Gasteiger charge is 2.25. The predicted molar refractivity (Wildman–Crippen MR) is 68.8 cm³/mol. The van der Waals surface area contributed by atoms with Crippen molar-refractivity contribution in [2.45, 2.75) is 38.6 Å². The van der Waals surface area contributed by atoms with Crippen molar-refractivity contribution in [1.29, 1.82) is 5.26 Å². The zero-order valence-electron chi connectivity index (χ0n) is 10.6. The van der Waals surface area contributed by atoms with E-state index >= 15 is 0 Å². The Balaban J connectivity index is 2.18. The minimum atomic E-state index is 0.498. The van der Waals surface area contributed by atoms with Gasteiger partial charge in [-0.3, -0.25) is 0 Å². The quantitative estimate of drug-likeness (QED) is 0.782. The highest BCUT2D eigenvalue weighted by molar-refractivity contribution is 5.42. The number of nitriles is 1. The van der Waals surface area contributed by atoms with Gasteiger partial charge < -0.3 is 4.90 Å². The molecule has 0 aliphatic heterocycles. The Kier molecular flexibility index (Phi) is 3.63. The van der Waals surface area contributed by atoms with Crippen LogP contribution in [0.4, 0.5) is 5.82 Å². The number of hydrogen-bond donors (Lipinski definition) is 0. The van der Waals surface area contributed by atoms with E-state index in [-0.39, 0.29) is 0 Å². The van der Waals surface area contributed by atoms with Gasteiger partial charge in [0.25, 0.3) is 0 Å². The van der Waals surface area contributed by atoms with Crippen molar-refractivity contribution in [3.63, 3.8) is 0 Å². The topological polar surface area (TPSA) is 39.9 Å². The van der Waals surface area contributed by atoms with Crippen LogP contribution in [0, 0.1) is 17.2 Å². The molecule has 1 aromatic rings. The summed E-state index contributed by atoms with van der Waals surface area (Å²) in [5, 5.41) is 8.88. The van der Waals surface area contributed by atoms with Gasteiger partial charge in [-0.25, -0.2) is 4.98 Å². The lowest BCUT2D eigenvalue weighted by Gasteiger charge is -2.37. The lowest BCUT2D eigenvalue weighted by Crippen LogP contribution is -2.39. The van der Waals surface area contributed by atoms with Gasteiger partial charge in [-0.2, -0.15) is 5.26 Å². The standard InChI is InChI=1S/C14H19N3/c1-11-6-3-4-8-13(11)17(2)14-9-5-7-12(10-15)16-14/h5,7,9,11,13H,3-4,6,8H2,1-2H3. The van der Waals surface area contributed by atoms with Gasteiger partial charge in [0.05, 0.1) is 0 Å². The zero-order chi connectivity index (χ0) is 12.3. The maximum atomic E-state index is 8.88. The molecule has 1 heterocycles. The van der Waals surface area contributed by atoms with Crippen molar-refractivity contribution < 1.29 is 0 Å². The van der Waals surface area contributed by atoms with Crippen LogP contribution in [0.2, 0.25) is 0 Å². The molecule has 2 rings (SSSR count). The minimum absolute atomic E-state index is 0.498. The summed E-state index contributed by atoms with van der Waals surface area (Å²) in [4.78, 5) is 6.61. The van der Waals surface area contributed by atoms with Gasteiger partial charge in [0.1, 0.15) is 17.6 Å². The van der Waals surface area contributed by atoms with Gasteiger partial charge >= 0.3 is 0 Å². The van der Waals surface area contributed by atoms with Gasteiger partial charge in [0.2, 0.25) is 0 Å². The molecule has 1 aliphatic carbocycles. The van der Waals surface area contributed by atoms with Gasteiger partial charge in [-0.05, 0) is 30.9 Å². The summed E-state index contributed by atoms with van der Waals surface area (Å²) in [6.07, 6.45) is 5.18. The van der Waals surface area contributed by atoms with E-state index in [0.29, 0.717) is 17.7 Å². The molecule has 1 aromatic heterocycles. The SMILES string of the molecule is CC1CCCCC1N(C)c1cccc(C#N)n1. The van der Waals surface area contributed by atoms with Crippen molar-refractivity contribution in [2.75, 3.05) is 11.9 Å². The summed E-state index contributed by atoms with van der Waals surface area (Å²) in [6.45, 7) is 2.31. The fourth-order valence-electron chi connectivity index (χ4n) is 2.72. The van der Waals surface area contributed by atoms with Crippen molar-refractivity contribution in [3.8, 4) is 6.07 Å². The van der Waals surface area contributed by atoms with Crippen molar-refractivity contribution >= 4 is 5.82 Å². The van der Waals surface area contributed by atoms with Crippen LogP contribution >= 0.6 is 0 Å². The van der Waals surface area contributed by atoms with Crippen LogP contribution in [-0.4, -0.2) is 18.1 Å². The first kappa shape index (κ1) is 11.9. The molecular weight excluding hydrogens is 210 g/mol. The highest BCUT2D eigenvalue weighted by atomic mass is 15.2. The third-order valence-corrected chi connectivity index (χ3v) is 3.77. The maximum Gasteiger partial charge on any atom is 0.142 e. The molecule has 3 nitrogen and oxygen atoms in total. The Morgan fingerprint density at radius 3 is 2.82 bits per heavy atom. The number of nitrogens with zero attached hydrogens (tertiary/aromatic N) is 3. The number of anilines is 1. The zero-order valence-corrected chi connectivity index (χ0v) is 10.6. The van der Waals surface area contributed by atoms with Crippen LogP contribution < -0.4 is 4.90 Å². The fourth-order valence-corrected chi connectivity index (χ4v) is 2.72. The highest BCUT2D eigenvalue weighted by Crippen LogP contribution is 2.29. The molecular formula is C14H19N3. The van der Waals surface area contributed by atoms with Gasteiger partial charge in [0.15, 0.2) is 0 Å². The summed E-state index contributed by atoms with van der Waals surface area (Å²) in [5.41, 5.74) is 0.498. The summed E-state index contributed by atoms with van der Waals surface area (Å²) < 4.78 is 0. The van der Waals surface area contributed by atoms with Crippen LogP contribution in [0.15, 0.2) is 18.2 Å². The fraction of sp³-hybridized carbons (Fsp3) is 0.571. The molecule has 0 amide bonds. The lowest BCUT2D eigenvalue weighted by molar-refractivity contribution is 0.320. The monoisotopic (exact) mass is 229 g/mol. The average Bonchev–Trinajstić information content (AvgIpc) is 2.38. The number of hydrogen-bond acceptors (Lipinski definition) is 3. The smallest absolute Gasteiger partial charge is 0.142 e. The first-order chi connectivity index (χ1) is 8.22. The van der Waals surface area contributed by atoms with Gasteiger partial charge in [0, 0.05) is 13.1 Å². The molecule has 1 fully saturated rings. The van der Waals surface area contributed by atoms with E-state index in [1.807, 2.05) is 12.1 Å². The van der Waals surface area contributed by atoms with Crippen molar-refractivity contribution in [3.05, 3.63) is 23.9 Å². The normalized spacial score (nSPS) is 24.1. The molecule has 0 N–H and O–H groups in total.